The number of aliphatic hydroxyl groups is 1. The second kappa shape index (κ2) is 2.85. The molecule has 0 aromatic carbocycles. The molecule has 0 spiro atoms. The molecule has 1 nitrogen and oxygen atoms in total. The van der Waals surface area contributed by atoms with Crippen LogP contribution in [0.3, 0.4) is 0 Å². The molecule has 98 valence electrons. The largest absolute Gasteiger partial charge is 0.393 e. The zero-order valence-corrected chi connectivity index (χ0v) is 11.0. The van der Waals surface area contributed by atoms with Crippen LogP contribution in [0.15, 0.2) is 0 Å². The summed E-state index contributed by atoms with van der Waals surface area (Å²) >= 11 is 0. The van der Waals surface area contributed by atoms with Crippen LogP contribution in [0.1, 0.15) is 38.5 Å². The maximum Gasteiger partial charge on any atom is 0.0574 e. The Labute approximate surface area is 109 Å². The van der Waals surface area contributed by atoms with Crippen LogP contribution in [0.5, 0.6) is 0 Å². The van der Waals surface area contributed by atoms with Crippen LogP contribution in [0.2, 0.25) is 0 Å². The minimum absolute atomic E-state index is 0.0904. The topological polar surface area (TPSA) is 20.2 Å². The first-order valence-corrected chi connectivity index (χ1v) is 8.51. The summed E-state index contributed by atoms with van der Waals surface area (Å²) in [5, 5.41) is 10.3. The molecule has 11 atom stereocenters. The summed E-state index contributed by atoms with van der Waals surface area (Å²) in [7, 11) is 0. The molecule has 0 aliphatic heterocycles. The van der Waals surface area contributed by atoms with Crippen molar-refractivity contribution >= 4 is 0 Å². The van der Waals surface area contributed by atoms with Crippen molar-refractivity contribution in [1.82, 2.24) is 0 Å². The molecule has 6 saturated carbocycles. The zero-order valence-electron chi connectivity index (χ0n) is 11.0. The molecule has 11 unspecified atom stereocenters. The van der Waals surface area contributed by atoms with E-state index in [4.69, 9.17) is 0 Å². The third-order valence-corrected chi connectivity index (χ3v) is 8.67. The Balaban J connectivity index is 1.45. The fourth-order valence-corrected chi connectivity index (χ4v) is 8.76. The predicted octanol–water partition coefficient (Wildman–Crippen LogP) is 2.93. The first-order valence-electron chi connectivity index (χ1n) is 8.51. The van der Waals surface area contributed by atoms with E-state index >= 15 is 0 Å². The lowest BCUT2D eigenvalue weighted by molar-refractivity contribution is -0.0216. The minimum Gasteiger partial charge on any atom is -0.393 e. The van der Waals surface area contributed by atoms with Gasteiger partial charge >= 0.3 is 0 Å². The van der Waals surface area contributed by atoms with E-state index in [0.717, 1.165) is 59.2 Å². The van der Waals surface area contributed by atoms with Crippen molar-refractivity contribution in [3.63, 3.8) is 0 Å². The molecule has 1 heteroatoms. The Morgan fingerprint density at radius 1 is 0.556 bits per heavy atom. The van der Waals surface area contributed by atoms with Gasteiger partial charge in [-0.2, -0.15) is 0 Å². The van der Waals surface area contributed by atoms with E-state index in [1.807, 2.05) is 0 Å². The molecular formula is C17H24O. The molecule has 6 bridgehead atoms. The van der Waals surface area contributed by atoms with Crippen LogP contribution >= 0.6 is 0 Å². The van der Waals surface area contributed by atoms with Gasteiger partial charge < -0.3 is 5.11 Å². The molecule has 0 heterocycles. The van der Waals surface area contributed by atoms with E-state index in [-0.39, 0.29) is 6.10 Å². The quantitative estimate of drug-likeness (QED) is 0.650. The number of aliphatic hydroxyl groups excluding tert-OH is 1. The van der Waals surface area contributed by atoms with E-state index in [9.17, 15) is 5.11 Å². The monoisotopic (exact) mass is 244 g/mol. The lowest BCUT2D eigenvalue weighted by atomic mass is 9.59. The van der Waals surface area contributed by atoms with Gasteiger partial charge in [-0.1, -0.05) is 0 Å². The summed E-state index contributed by atoms with van der Waals surface area (Å²) in [6, 6.07) is 0. The first kappa shape index (κ1) is 9.80. The maximum atomic E-state index is 10.3. The van der Waals surface area contributed by atoms with Crippen molar-refractivity contribution in [3.8, 4) is 0 Å². The smallest absolute Gasteiger partial charge is 0.0574 e. The normalized spacial score (nSPS) is 74.2. The Kier molecular flexibility index (Phi) is 1.55. The van der Waals surface area contributed by atoms with Crippen molar-refractivity contribution in [1.29, 1.82) is 0 Å². The lowest BCUT2D eigenvalue weighted by Gasteiger charge is -2.46. The van der Waals surface area contributed by atoms with Gasteiger partial charge in [0, 0.05) is 0 Å². The number of rotatable bonds is 0. The van der Waals surface area contributed by atoms with Gasteiger partial charge in [-0.25, -0.2) is 0 Å². The molecule has 0 aromatic rings. The highest BCUT2D eigenvalue weighted by atomic mass is 16.3. The Morgan fingerprint density at radius 2 is 1.22 bits per heavy atom. The molecule has 6 fully saturated rings. The van der Waals surface area contributed by atoms with Gasteiger partial charge in [0.2, 0.25) is 0 Å². The summed E-state index contributed by atoms with van der Waals surface area (Å²) in [6.45, 7) is 0. The third-order valence-electron chi connectivity index (χ3n) is 8.67. The SMILES string of the molecule is OC1CC2CC1C1C3CC(C4C5CCC(C5)C34)C21. The fourth-order valence-electron chi connectivity index (χ4n) is 8.76. The second-order valence-electron chi connectivity index (χ2n) is 8.67. The molecule has 18 heavy (non-hydrogen) atoms. The fraction of sp³-hybridized carbons (Fsp3) is 1.00. The van der Waals surface area contributed by atoms with E-state index in [2.05, 4.69) is 0 Å². The average molecular weight is 244 g/mol. The third kappa shape index (κ3) is 0.846. The van der Waals surface area contributed by atoms with E-state index in [1.165, 1.54) is 12.8 Å². The Hall–Kier alpha value is -0.0400. The Morgan fingerprint density at radius 3 is 2.00 bits per heavy atom. The number of hydrogen-bond acceptors (Lipinski definition) is 1. The van der Waals surface area contributed by atoms with Gasteiger partial charge in [-0.3, -0.25) is 0 Å². The van der Waals surface area contributed by atoms with Crippen LogP contribution in [0.25, 0.3) is 0 Å². The van der Waals surface area contributed by atoms with E-state index in [1.54, 1.807) is 25.7 Å². The summed E-state index contributed by atoms with van der Waals surface area (Å²) in [5.74, 6) is 10.4. The van der Waals surface area contributed by atoms with Crippen LogP contribution in [-0.2, 0) is 0 Å². The molecule has 6 aliphatic carbocycles. The Bertz CT molecular complexity index is 418. The minimum atomic E-state index is 0.0904. The molecule has 0 saturated heterocycles. The first-order chi connectivity index (χ1) is 8.83. The van der Waals surface area contributed by atoms with Crippen molar-refractivity contribution in [2.75, 3.05) is 0 Å². The van der Waals surface area contributed by atoms with Gasteiger partial charge in [-0.05, 0) is 97.7 Å². The molecule has 6 rings (SSSR count). The van der Waals surface area contributed by atoms with E-state index in [0.29, 0.717) is 0 Å². The van der Waals surface area contributed by atoms with Gasteiger partial charge in [-0.15, -0.1) is 0 Å². The van der Waals surface area contributed by atoms with Gasteiger partial charge in [0.25, 0.3) is 0 Å². The molecule has 1 N–H and O–H groups in total. The summed E-state index contributed by atoms with van der Waals surface area (Å²) < 4.78 is 0. The summed E-state index contributed by atoms with van der Waals surface area (Å²) in [4.78, 5) is 0. The lowest BCUT2D eigenvalue weighted by Crippen LogP contribution is -2.43. The summed E-state index contributed by atoms with van der Waals surface area (Å²) in [5.41, 5.74) is 0. The van der Waals surface area contributed by atoms with Crippen molar-refractivity contribution in [2.45, 2.75) is 44.6 Å². The van der Waals surface area contributed by atoms with Crippen molar-refractivity contribution in [2.24, 2.45) is 59.2 Å². The predicted molar refractivity (Wildman–Crippen MR) is 68.6 cm³/mol. The average Bonchev–Trinajstić information content (AvgIpc) is 3.14. The van der Waals surface area contributed by atoms with Gasteiger partial charge in [0.1, 0.15) is 0 Å². The second-order valence-corrected chi connectivity index (χ2v) is 8.67. The van der Waals surface area contributed by atoms with Crippen LogP contribution in [-0.4, -0.2) is 11.2 Å². The van der Waals surface area contributed by atoms with E-state index < -0.39 is 0 Å². The van der Waals surface area contributed by atoms with Gasteiger partial charge in [0.15, 0.2) is 0 Å². The van der Waals surface area contributed by atoms with Crippen molar-refractivity contribution < 1.29 is 5.11 Å². The molecule has 0 amide bonds. The van der Waals surface area contributed by atoms with Crippen LogP contribution < -0.4 is 0 Å². The number of hydrogen-bond donors (Lipinski definition) is 1. The van der Waals surface area contributed by atoms with Crippen LogP contribution in [0.4, 0.5) is 0 Å². The highest BCUT2D eigenvalue weighted by Crippen LogP contribution is 2.76. The van der Waals surface area contributed by atoms with Gasteiger partial charge in [0.05, 0.1) is 6.10 Å². The summed E-state index contributed by atoms with van der Waals surface area (Å²) in [6.07, 6.45) is 8.97. The maximum absolute atomic E-state index is 10.3. The standard InChI is InChI=1S/C17H24O/c18-13-5-9-4-10(13)17-12-6-11(16(9)17)14-7-1-2-8(3-7)15(12)14/h7-18H,1-6H2. The molecule has 0 radical (unpaired) electrons. The molecule has 6 aliphatic rings. The van der Waals surface area contributed by atoms with Crippen molar-refractivity contribution in [3.05, 3.63) is 0 Å². The molecular weight excluding hydrogens is 220 g/mol. The van der Waals surface area contributed by atoms with Crippen LogP contribution in [0, 0.1) is 59.2 Å². The number of fused-ring (bicyclic) bond motifs is 16. The highest BCUT2D eigenvalue weighted by molar-refractivity contribution is 5.19. The highest BCUT2D eigenvalue weighted by Gasteiger charge is 2.71. The molecule has 0 aromatic heterocycles. The zero-order chi connectivity index (χ0) is 11.6.